The molecule has 6 nitrogen and oxygen atoms in total. The Kier molecular flexibility index (Phi) is 6.36. The Morgan fingerprint density at radius 3 is 2.12 bits per heavy atom. The molecule has 134 valence electrons. The maximum Gasteiger partial charge on any atom is 0.265 e. The highest BCUT2D eigenvalue weighted by Gasteiger charge is 2.18. The van der Waals surface area contributed by atoms with Crippen LogP contribution in [0, 0.1) is 0 Å². The van der Waals surface area contributed by atoms with Gasteiger partial charge in [-0.15, -0.1) is 0 Å². The number of carbonyl (C=O) groups excluding carboxylic acids is 1. The minimum atomic E-state index is -0.763. The van der Waals surface area contributed by atoms with Gasteiger partial charge in [0.1, 0.15) is 23.0 Å². The zero-order valence-electron chi connectivity index (χ0n) is 14.5. The number of rotatable bonds is 7. The first-order valence-electron chi connectivity index (χ1n) is 7.51. The average molecular weight is 366 g/mol. The molecule has 0 unspecified atom stereocenters. The zero-order chi connectivity index (χ0) is 18.4. The van der Waals surface area contributed by atoms with Gasteiger partial charge in [0.05, 0.1) is 27.0 Å². The summed E-state index contributed by atoms with van der Waals surface area (Å²) in [6.45, 7) is 1.64. The summed E-state index contributed by atoms with van der Waals surface area (Å²) in [6.07, 6.45) is -0.763. The van der Waals surface area contributed by atoms with Crippen LogP contribution >= 0.6 is 11.6 Å². The van der Waals surface area contributed by atoms with Gasteiger partial charge in [0.25, 0.3) is 5.91 Å². The van der Waals surface area contributed by atoms with E-state index in [-0.39, 0.29) is 5.91 Å². The Bertz CT molecular complexity index is 728. The van der Waals surface area contributed by atoms with E-state index < -0.39 is 6.10 Å². The number of ether oxygens (including phenoxy) is 4. The third-order valence-electron chi connectivity index (χ3n) is 3.43. The van der Waals surface area contributed by atoms with E-state index >= 15 is 0 Å². The summed E-state index contributed by atoms with van der Waals surface area (Å²) in [5, 5.41) is 3.23. The van der Waals surface area contributed by atoms with Crippen LogP contribution in [0.2, 0.25) is 5.02 Å². The van der Waals surface area contributed by atoms with Crippen LogP contribution in [-0.2, 0) is 4.79 Å². The van der Waals surface area contributed by atoms with Crippen molar-refractivity contribution in [3.63, 3.8) is 0 Å². The van der Waals surface area contributed by atoms with Gasteiger partial charge < -0.3 is 24.3 Å². The normalized spacial score (nSPS) is 11.4. The van der Waals surface area contributed by atoms with Crippen LogP contribution in [-0.4, -0.2) is 33.3 Å². The molecule has 1 N–H and O–H groups in total. The first-order valence-corrected chi connectivity index (χ1v) is 7.88. The average Bonchev–Trinajstić information content (AvgIpc) is 2.61. The number of hydrogen-bond acceptors (Lipinski definition) is 5. The van der Waals surface area contributed by atoms with Crippen molar-refractivity contribution in [1.29, 1.82) is 0 Å². The highest BCUT2D eigenvalue weighted by Crippen LogP contribution is 2.30. The molecule has 0 aliphatic heterocycles. The lowest BCUT2D eigenvalue weighted by atomic mass is 10.2. The number of hydrogen-bond donors (Lipinski definition) is 1. The lowest BCUT2D eigenvalue weighted by Crippen LogP contribution is -2.30. The molecule has 1 atom stereocenters. The van der Waals surface area contributed by atoms with Gasteiger partial charge in [-0.1, -0.05) is 11.6 Å². The van der Waals surface area contributed by atoms with Gasteiger partial charge >= 0.3 is 0 Å². The van der Waals surface area contributed by atoms with Gasteiger partial charge in [0.15, 0.2) is 6.10 Å². The fourth-order valence-electron chi connectivity index (χ4n) is 2.12. The van der Waals surface area contributed by atoms with Crippen molar-refractivity contribution in [2.45, 2.75) is 13.0 Å². The quantitative estimate of drug-likeness (QED) is 0.809. The second-order valence-electron chi connectivity index (χ2n) is 5.14. The maximum absolute atomic E-state index is 12.4. The molecule has 0 aliphatic rings. The topological polar surface area (TPSA) is 66.0 Å². The van der Waals surface area contributed by atoms with E-state index in [1.54, 1.807) is 57.5 Å². The van der Waals surface area contributed by atoms with Crippen LogP contribution in [0.3, 0.4) is 0 Å². The molecule has 0 saturated heterocycles. The molecular formula is C18H20ClNO5. The summed E-state index contributed by atoms with van der Waals surface area (Å²) in [5.74, 6) is 1.75. The van der Waals surface area contributed by atoms with Crippen molar-refractivity contribution in [2.24, 2.45) is 0 Å². The van der Waals surface area contributed by atoms with Crippen molar-refractivity contribution >= 4 is 23.2 Å². The van der Waals surface area contributed by atoms with Gasteiger partial charge in [0, 0.05) is 23.2 Å². The summed E-state index contributed by atoms with van der Waals surface area (Å²) < 4.78 is 21.3. The molecule has 2 aromatic carbocycles. The van der Waals surface area contributed by atoms with Gasteiger partial charge in [-0.3, -0.25) is 4.79 Å². The van der Waals surface area contributed by atoms with Crippen LogP contribution in [0.1, 0.15) is 6.92 Å². The highest BCUT2D eigenvalue weighted by atomic mass is 35.5. The summed E-state index contributed by atoms with van der Waals surface area (Å²) in [6, 6.07) is 10.0. The Hall–Kier alpha value is -2.60. The largest absolute Gasteiger partial charge is 0.496 e. The zero-order valence-corrected chi connectivity index (χ0v) is 15.2. The second-order valence-corrected chi connectivity index (χ2v) is 5.58. The van der Waals surface area contributed by atoms with Gasteiger partial charge in [-0.2, -0.15) is 0 Å². The summed E-state index contributed by atoms with van der Waals surface area (Å²) in [4.78, 5) is 12.4. The van der Waals surface area contributed by atoms with E-state index in [4.69, 9.17) is 30.5 Å². The fourth-order valence-corrected chi connectivity index (χ4v) is 2.29. The van der Waals surface area contributed by atoms with Crippen molar-refractivity contribution < 1.29 is 23.7 Å². The number of methoxy groups -OCH3 is 3. The molecule has 0 aliphatic carbocycles. The lowest BCUT2D eigenvalue weighted by molar-refractivity contribution is -0.122. The van der Waals surface area contributed by atoms with Crippen molar-refractivity contribution in [1.82, 2.24) is 0 Å². The number of amides is 1. The second kappa shape index (κ2) is 8.48. The third-order valence-corrected chi connectivity index (χ3v) is 3.66. The molecule has 1 amide bonds. The molecule has 0 radical (unpaired) electrons. The maximum atomic E-state index is 12.4. The minimum Gasteiger partial charge on any atom is -0.496 e. The summed E-state index contributed by atoms with van der Waals surface area (Å²) >= 11 is 5.97. The third kappa shape index (κ3) is 4.93. The molecule has 25 heavy (non-hydrogen) atoms. The van der Waals surface area contributed by atoms with Crippen molar-refractivity contribution in [3.8, 4) is 23.0 Å². The van der Waals surface area contributed by atoms with Crippen LogP contribution < -0.4 is 24.3 Å². The van der Waals surface area contributed by atoms with E-state index in [0.29, 0.717) is 33.7 Å². The lowest BCUT2D eigenvalue weighted by Gasteiger charge is -2.17. The van der Waals surface area contributed by atoms with E-state index in [1.807, 2.05) is 0 Å². The number of anilines is 1. The van der Waals surface area contributed by atoms with Gasteiger partial charge in [-0.05, 0) is 25.1 Å². The molecule has 0 bridgehead atoms. The number of nitrogens with one attached hydrogen (secondary N) is 1. The monoisotopic (exact) mass is 365 g/mol. The first-order chi connectivity index (χ1) is 12.0. The first kappa shape index (κ1) is 18.7. The Morgan fingerprint density at radius 1 is 0.960 bits per heavy atom. The molecule has 0 heterocycles. The molecule has 2 aromatic rings. The standard InChI is InChI=1S/C18H20ClNO5/c1-11(25-15-9-13(22-2)8-14(10-15)23-3)18(21)20-16-7-12(19)5-6-17(16)24-4/h5-11H,1-4H3,(H,20,21)/t11-/m1/s1. The van der Waals surface area contributed by atoms with Crippen molar-refractivity contribution in [3.05, 3.63) is 41.4 Å². The molecular weight excluding hydrogens is 346 g/mol. The van der Waals surface area contributed by atoms with Gasteiger partial charge in [-0.25, -0.2) is 0 Å². The minimum absolute atomic E-state index is 0.345. The van der Waals surface area contributed by atoms with Crippen LogP contribution in [0.4, 0.5) is 5.69 Å². The van der Waals surface area contributed by atoms with Crippen LogP contribution in [0.5, 0.6) is 23.0 Å². The van der Waals surface area contributed by atoms with Crippen LogP contribution in [0.25, 0.3) is 0 Å². The number of carbonyl (C=O) groups is 1. The highest BCUT2D eigenvalue weighted by molar-refractivity contribution is 6.31. The number of halogens is 1. The predicted molar refractivity (Wildman–Crippen MR) is 96.3 cm³/mol. The smallest absolute Gasteiger partial charge is 0.265 e. The molecule has 0 spiro atoms. The number of benzene rings is 2. The van der Waals surface area contributed by atoms with Gasteiger partial charge in [0.2, 0.25) is 0 Å². The molecule has 0 aromatic heterocycles. The molecule has 2 rings (SSSR count). The summed E-state index contributed by atoms with van der Waals surface area (Å²) in [7, 11) is 4.60. The van der Waals surface area contributed by atoms with Crippen LogP contribution in [0.15, 0.2) is 36.4 Å². The fraction of sp³-hybridized carbons (Fsp3) is 0.278. The Balaban J connectivity index is 2.12. The Labute approximate surface area is 151 Å². The van der Waals surface area contributed by atoms with Crippen molar-refractivity contribution in [2.75, 3.05) is 26.6 Å². The van der Waals surface area contributed by atoms with E-state index in [0.717, 1.165) is 0 Å². The molecule has 7 heteroatoms. The van der Waals surface area contributed by atoms with E-state index in [9.17, 15) is 4.79 Å². The predicted octanol–water partition coefficient (Wildman–Crippen LogP) is 3.77. The van der Waals surface area contributed by atoms with E-state index in [1.165, 1.54) is 7.11 Å². The SMILES string of the molecule is COc1cc(OC)cc(O[C@H](C)C(=O)Nc2cc(Cl)ccc2OC)c1. The Morgan fingerprint density at radius 2 is 1.56 bits per heavy atom. The van der Waals surface area contributed by atoms with E-state index in [2.05, 4.69) is 5.32 Å². The molecule has 0 saturated carbocycles. The molecule has 0 fully saturated rings. The summed E-state index contributed by atoms with van der Waals surface area (Å²) in [5.41, 5.74) is 0.471.